The molecule has 1 saturated carbocycles. The maximum Gasteiger partial charge on any atom is 0.215 e. The molecule has 0 amide bonds. The topological polar surface area (TPSA) is 46.2 Å². The van der Waals surface area contributed by atoms with Crippen LogP contribution in [0.2, 0.25) is 0 Å². The summed E-state index contributed by atoms with van der Waals surface area (Å²) in [6, 6.07) is 14.6. The van der Waals surface area contributed by atoms with Gasteiger partial charge >= 0.3 is 0 Å². The van der Waals surface area contributed by atoms with Gasteiger partial charge in [0.25, 0.3) is 0 Å². The second-order valence-electron chi connectivity index (χ2n) is 6.33. The van der Waals surface area contributed by atoms with Crippen LogP contribution in [0.25, 0.3) is 11.1 Å². The molecule has 22 heavy (non-hydrogen) atoms. The zero-order chi connectivity index (χ0) is 15.3. The molecule has 4 rings (SSSR count). The largest absolute Gasteiger partial charge is 0.215 e. The summed E-state index contributed by atoms with van der Waals surface area (Å²) in [5.74, 6) is 0. The van der Waals surface area contributed by atoms with E-state index < -0.39 is 10.0 Å². The molecule has 1 fully saturated rings. The zero-order valence-electron chi connectivity index (χ0n) is 12.5. The van der Waals surface area contributed by atoms with Crippen LogP contribution in [0.5, 0.6) is 0 Å². The molecular weight excluding hydrogens is 294 g/mol. The van der Waals surface area contributed by atoms with Gasteiger partial charge in [-0.3, -0.25) is 0 Å². The maximum absolute atomic E-state index is 12.1. The van der Waals surface area contributed by atoms with Gasteiger partial charge < -0.3 is 0 Å². The predicted octanol–water partition coefficient (Wildman–Crippen LogP) is 3.40. The molecule has 1 N–H and O–H groups in total. The first-order valence-electron chi connectivity index (χ1n) is 7.77. The van der Waals surface area contributed by atoms with Crippen LogP contribution in [0, 0.1) is 0 Å². The standard InChI is InChI=1S/C18H19NO2S/c1-12(19-22(20,21)16-7-8-16)13-6-9-18-15(10-13)11-14-4-2-3-5-17(14)18/h2-6,9-10,12,16,19H,7-8,11H2,1H3/t12-/m1/s1. The number of nitrogens with one attached hydrogen (secondary N) is 1. The molecule has 0 radical (unpaired) electrons. The van der Waals surface area contributed by atoms with Crippen molar-refractivity contribution in [3.8, 4) is 11.1 Å². The lowest BCUT2D eigenvalue weighted by atomic mass is 10.0. The third-order valence-corrected chi connectivity index (χ3v) is 6.65. The van der Waals surface area contributed by atoms with E-state index in [-0.39, 0.29) is 11.3 Å². The molecule has 0 spiro atoms. The van der Waals surface area contributed by atoms with Crippen molar-refractivity contribution in [3.63, 3.8) is 0 Å². The molecule has 0 aromatic heterocycles. The van der Waals surface area contributed by atoms with E-state index in [2.05, 4.69) is 41.1 Å². The maximum atomic E-state index is 12.1. The van der Waals surface area contributed by atoms with Crippen LogP contribution in [-0.4, -0.2) is 13.7 Å². The summed E-state index contributed by atoms with van der Waals surface area (Å²) >= 11 is 0. The van der Waals surface area contributed by atoms with Crippen molar-refractivity contribution in [1.82, 2.24) is 4.72 Å². The molecule has 1 atom stereocenters. The van der Waals surface area contributed by atoms with Gasteiger partial charge in [0.15, 0.2) is 0 Å². The number of rotatable bonds is 4. The number of benzene rings is 2. The van der Waals surface area contributed by atoms with Gasteiger partial charge in [0, 0.05) is 6.04 Å². The Morgan fingerprint density at radius 2 is 1.77 bits per heavy atom. The zero-order valence-corrected chi connectivity index (χ0v) is 13.4. The summed E-state index contributed by atoms with van der Waals surface area (Å²) in [6.45, 7) is 1.92. The first kappa shape index (κ1) is 14.0. The van der Waals surface area contributed by atoms with Crippen LogP contribution in [0.15, 0.2) is 42.5 Å². The van der Waals surface area contributed by atoms with E-state index >= 15 is 0 Å². The molecule has 2 aliphatic carbocycles. The fourth-order valence-electron chi connectivity index (χ4n) is 3.22. The molecular formula is C18H19NO2S. The Morgan fingerprint density at radius 3 is 2.55 bits per heavy atom. The lowest BCUT2D eigenvalue weighted by Crippen LogP contribution is -2.29. The Kier molecular flexibility index (Phi) is 3.13. The smallest absolute Gasteiger partial charge is 0.212 e. The van der Waals surface area contributed by atoms with Crippen molar-refractivity contribution < 1.29 is 8.42 Å². The summed E-state index contributed by atoms with van der Waals surface area (Å²) in [5.41, 5.74) is 6.25. The quantitative estimate of drug-likeness (QED) is 0.802. The van der Waals surface area contributed by atoms with Gasteiger partial charge in [-0.15, -0.1) is 0 Å². The Balaban J connectivity index is 1.61. The first-order chi connectivity index (χ1) is 10.5. The number of hydrogen-bond acceptors (Lipinski definition) is 2. The van der Waals surface area contributed by atoms with Crippen molar-refractivity contribution in [2.45, 2.75) is 37.5 Å². The van der Waals surface area contributed by atoms with Crippen molar-refractivity contribution >= 4 is 10.0 Å². The molecule has 2 aliphatic rings. The molecule has 0 heterocycles. The highest BCUT2D eigenvalue weighted by molar-refractivity contribution is 7.90. The second-order valence-corrected chi connectivity index (χ2v) is 8.33. The molecule has 4 heteroatoms. The average molecular weight is 313 g/mol. The van der Waals surface area contributed by atoms with Crippen LogP contribution in [0.4, 0.5) is 0 Å². The van der Waals surface area contributed by atoms with Crippen molar-refractivity contribution in [3.05, 3.63) is 59.2 Å². The normalized spacial score (nSPS) is 17.9. The van der Waals surface area contributed by atoms with Crippen molar-refractivity contribution in [1.29, 1.82) is 0 Å². The van der Waals surface area contributed by atoms with Gasteiger partial charge in [0.2, 0.25) is 10.0 Å². The first-order valence-corrected chi connectivity index (χ1v) is 9.31. The molecule has 0 saturated heterocycles. The van der Waals surface area contributed by atoms with E-state index in [0.29, 0.717) is 0 Å². The third kappa shape index (κ3) is 2.36. The van der Waals surface area contributed by atoms with E-state index in [1.165, 1.54) is 22.3 Å². The van der Waals surface area contributed by atoms with Gasteiger partial charge in [-0.05, 0) is 54.0 Å². The van der Waals surface area contributed by atoms with Gasteiger partial charge in [-0.1, -0.05) is 42.5 Å². The summed E-state index contributed by atoms with van der Waals surface area (Å²) < 4.78 is 27.0. The number of fused-ring (bicyclic) bond motifs is 3. The fraction of sp³-hybridized carbons (Fsp3) is 0.333. The number of sulfonamides is 1. The van der Waals surface area contributed by atoms with Gasteiger partial charge in [-0.25, -0.2) is 13.1 Å². The molecule has 2 aromatic rings. The van der Waals surface area contributed by atoms with Crippen LogP contribution in [0.3, 0.4) is 0 Å². The van der Waals surface area contributed by atoms with Gasteiger partial charge in [0.1, 0.15) is 0 Å². The Labute approximate surface area is 131 Å². The summed E-state index contributed by atoms with van der Waals surface area (Å²) in [5, 5.41) is -0.173. The third-order valence-electron chi connectivity index (χ3n) is 4.62. The van der Waals surface area contributed by atoms with Crippen LogP contribution < -0.4 is 4.72 Å². The highest BCUT2D eigenvalue weighted by Gasteiger charge is 2.36. The van der Waals surface area contributed by atoms with Crippen LogP contribution >= 0.6 is 0 Å². The van der Waals surface area contributed by atoms with Crippen LogP contribution in [0.1, 0.15) is 42.5 Å². The minimum atomic E-state index is -3.15. The van der Waals surface area contributed by atoms with E-state index in [1.54, 1.807) is 0 Å². The highest BCUT2D eigenvalue weighted by Crippen LogP contribution is 2.37. The van der Waals surface area contributed by atoms with Crippen molar-refractivity contribution in [2.75, 3.05) is 0 Å². The average Bonchev–Trinajstić information content (AvgIpc) is 3.28. The molecule has 114 valence electrons. The Hall–Kier alpha value is -1.65. The molecule has 0 bridgehead atoms. The molecule has 0 unspecified atom stereocenters. The van der Waals surface area contributed by atoms with Crippen molar-refractivity contribution in [2.24, 2.45) is 0 Å². The van der Waals surface area contributed by atoms with E-state index in [1.807, 2.05) is 13.0 Å². The van der Waals surface area contributed by atoms with E-state index in [4.69, 9.17) is 0 Å². The predicted molar refractivity (Wildman–Crippen MR) is 88.2 cm³/mol. The molecule has 2 aromatic carbocycles. The Bertz CT molecular complexity index is 838. The highest BCUT2D eigenvalue weighted by atomic mass is 32.2. The van der Waals surface area contributed by atoms with E-state index in [0.717, 1.165) is 24.8 Å². The summed E-state index contributed by atoms with van der Waals surface area (Å²) in [7, 11) is -3.15. The van der Waals surface area contributed by atoms with Gasteiger partial charge in [-0.2, -0.15) is 0 Å². The summed E-state index contributed by atoms with van der Waals surface area (Å²) in [4.78, 5) is 0. The molecule has 0 aliphatic heterocycles. The second kappa shape index (κ2) is 4.93. The van der Waals surface area contributed by atoms with Gasteiger partial charge in [0.05, 0.1) is 5.25 Å². The SMILES string of the molecule is C[C@@H](NS(=O)(=O)C1CC1)c1ccc2c(c1)Cc1ccccc1-2. The monoisotopic (exact) mass is 313 g/mol. The van der Waals surface area contributed by atoms with E-state index in [9.17, 15) is 8.42 Å². The fourth-order valence-corrected chi connectivity index (χ4v) is 4.80. The van der Waals surface area contributed by atoms with Crippen LogP contribution in [-0.2, 0) is 16.4 Å². The minimum Gasteiger partial charge on any atom is -0.212 e. The Morgan fingerprint density at radius 1 is 1.05 bits per heavy atom. The number of hydrogen-bond donors (Lipinski definition) is 1. The lowest BCUT2D eigenvalue weighted by Gasteiger charge is -2.15. The minimum absolute atomic E-state index is 0.173. The molecule has 3 nitrogen and oxygen atoms in total. The lowest BCUT2D eigenvalue weighted by molar-refractivity contribution is 0.565. The summed E-state index contributed by atoms with van der Waals surface area (Å²) in [6.07, 6.45) is 2.52.